The highest BCUT2D eigenvalue weighted by atomic mass is 15.4. The van der Waals surface area contributed by atoms with Gasteiger partial charge in [-0.05, 0) is 56.2 Å². The van der Waals surface area contributed by atoms with E-state index in [1.54, 1.807) is 0 Å². The summed E-state index contributed by atoms with van der Waals surface area (Å²) in [6.45, 7) is 11.9. The van der Waals surface area contributed by atoms with Crippen molar-refractivity contribution in [2.75, 3.05) is 23.0 Å². The van der Waals surface area contributed by atoms with Crippen LogP contribution in [0.1, 0.15) is 30.9 Å². The van der Waals surface area contributed by atoms with Crippen LogP contribution in [0, 0.1) is 6.92 Å². The second-order valence-corrected chi connectivity index (χ2v) is 6.27. The van der Waals surface area contributed by atoms with Crippen LogP contribution >= 0.6 is 0 Å². The molecule has 1 aromatic heterocycles. The number of hydrazone groups is 1. The van der Waals surface area contributed by atoms with Crippen LogP contribution in [-0.2, 0) is 0 Å². The first kappa shape index (κ1) is 16.2. The normalized spacial score (nSPS) is 15.1. The van der Waals surface area contributed by atoms with Crippen molar-refractivity contribution < 1.29 is 0 Å². The van der Waals surface area contributed by atoms with Gasteiger partial charge in [0.1, 0.15) is 5.82 Å². The van der Waals surface area contributed by atoms with Crippen LogP contribution in [0.5, 0.6) is 0 Å². The molecule has 0 N–H and O–H groups in total. The van der Waals surface area contributed by atoms with Crippen LogP contribution in [0.25, 0.3) is 0 Å². The third-order valence-corrected chi connectivity index (χ3v) is 4.59. The van der Waals surface area contributed by atoms with Crippen molar-refractivity contribution in [2.45, 2.75) is 26.7 Å². The molecule has 24 heavy (non-hydrogen) atoms. The number of allylic oxidation sites excluding steroid dienone is 2. The number of aromatic nitrogens is 1. The lowest BCUT2D eigenvalue weighted by Crippen LogP contribution is -2.45. The average molecular weight is 320 g/mol. The van der Waals surface area contributed by atoms with E-state index in [0.717, 1.165) is 30.3 Å². The molecule has 0 bridgehead atoms. The van der Waals surface area contributed by atoms with Gasteiger partial charge >= 0.3 is 0 Å². The van der Waals surface area contributed by atoms with E-state index in [2.05, 4.69) is 59.0 Å². The summed E-state index contributed by atoms with van der Waals surface area (Å²) in [6.07, 6.45) is 3.92. The Morgan fingerprint density at radius 2 is 2.12 bits per heavy atom. The zero-order chi connectivity index (χ0) is 17.1. The van der Waals surface area contributed by atoms with Crippen LogP contribution in [0.2, 0.25) is 0 Å². The van der Waals surface area contributed by atoms with Gasteiger partial charge in [0.25, 0.3) is 0 Å². The van der Waals surface area contributed by atoms with Gasteiger partial charge in [-0.1, -0.05) is 18.2 Å². The van der Waals surface area contributed by atoms with E-state index >= 15 is 0 Å². The van der Waals surface area contributed by atoms with Crippen LogP contribution in [0.4, 0.5) is 11.5 Å². The number of hydrogen-bond donors (Lipinski definition) is 0. The van der Waals surface area contributed by atoms with E-state index in [1.165, 1.54) is 11.1 Å². The first-order valence-electron chi connectivity index (χ1n) is 8.29. The first-order valence-corrected chi connectivity index (χ1v) is 8.29. The Labute approximate surface area is 144 Å². The van der Waals surface area contributed by atoms with Crippen molar-refractivity contribution in [1.82, 2.24) is 4.98 Å². The second kappa shape index (κ2) is 6.87. The van der Waals surface area contributed by atoms with Crippen molar-refractivity contribution in [3.63, 3.8) is 0 Å². The van der Waals surface area contributed by atoms with Crippen LogP contribution in [0.3, 0.4) is 0 Å². The Morgan fingerprint density at radius 3 is 2.79 bits per heavy atom. The molecule has 0 aliphatic carbocycles. The molecule has 0 saturated carbocycles. The summed E-state index contributed by atoms with van der Waals surface area (Å²) in [5.41, 5.74) is 4.72. The van der Waals surface area contributed by atoms with Gasteiger partial charge in [-0.2, -0.15) is 5.10 Å². The molecule has 2 heterocycles. The van der Waals surface area contributed by atoms with Gasteiger partial charge in [-0.15, -0.1) is 0 Å². The molecule has 3 rings (SSSR count). The van der Waals surface area contributed by atoms with Crippen molar-refractivity contribution in [1.29, 1.82) is 0 Å². The molecule has 2 aromatic rings. The van der Waals surface area contributed by atoms with E-state index < -0.39 is 0 Å². The molecule has 1 aliphatic rings. The zero-order valence-electron chi connectivity index (χ0n) is 14.6. The molecule has 0 atom stereocenters. The standard InChI is InChI=1S/C20H24N4/c1-5-16(3)24(21-4)19-8-6-7-17(12-19)18-13-23(14-18)20-11-15(2)9-10-22-20/h5-12,18H,4,13-14H2,1-3H3. The van der Waals surface area contributed by atoms with Gasteiger partial charge in [0, 0.05) is 37.6 Å². The lowest BCUT2D eigenvalue weighted by molar-refractivity contribution is 0.520. The highest BCUT2D eigenvalue weighted by Crippen LogP contribution is 2.33. The maximum Gasteiger partial charge on any atom is 0.128 e. The topological polar surface area (TPSA) is 31.7 Å². The Balaban J connectivity index is 1.73. The lowest BCUT2D eigenvalue weighted by atomic mass is 9.91. The monoisotopic (exact) mass is 320 g/mol. The van der Waals surface area contributed by atoms with E-state index in [0.29, 0.717) is 5.92 Å². The minimum atomic E-state index is 0.532. The summed E-state index contributed by atoms with van der Waals surface area (Å²) in [5, 5.41) is 6.02. The van der Waals surface area contributed by atoms with Gasteiger partial charge < -0.3 is 4.90 Å². The number of anilines is 2. The van der Waals surface area contributed by atoms with Gasteiger partial charge in [0.05, 0.1) is 5.69 Å². The maximum absolute atomic E-state index is 4.47. The van der Waals surface area contributed by atoms with Crippen molar-refractivity contribution >= 4 is 18.2 Å². The van der Waals surface area contributed by atoms with Gasteiger partial charge in [0.2, 0.25) is 0 Å². The van der Waals surface area contributed by atoms with Gasteiger partial charge in [-0.3, -0.25) is 0 Å². The van der Waals surface area contributed by atoms with Gasteiger partial charge in [0.15, 0.2) is 0 Å². The number of aryl methyl sites for hydroxylation is 1. The lowest BCUT2D eigenvalue weighted by Gasteiger charge is -2.40. The summed E-state index contributed by atoms with van der Waals surface area (Å²) in [7, 11) is 0. The molecule has 0 unspecified atom stereocenters. The first-order chi connectivity index (χ1) is 11.6. The average Bonchev–Trinajstić information content (AvgIpc) is 2.54. The highest BCUT2D eigenvalue weighted by Gasteiger charge is 2.29. The predicted molar refractivity (Wildman–Crippen MR) is 102 cm³/mol. The van der Waals surface area contributed by atoms with E-state index in [1.807, 2.05) is 37.2 Å². The quantitative estimate of drug-likeness (QED) is 0.607. The molecule has 1 aliphatic heterocycles. The minimum absolute atomic E-state index is 0.532. The number of benzene rings is 1. The molecule has 0 amide bonds. The largest absolute Gasteiger partial charge is 0.355 e. The van der Waals surface area contributed by atoms with Crippen molar-refractivity contribution in [3.8, 4) is 0 Å². The molecule has 4 heteroatoms. The third kappa shape index (κ3) is 3.18. The van der Waals surface area contributed by atoms with Crippen molar-refractivity contribution in [3.05, 3.63) is 65.5 Å². The number of pyridine rings is 1. The summed E-state index contributed by atoms with van der Waals surface area (Å²) < 4.78 is 0. The Kier molecular flexibility index (Phi) is 4.65. The smallest absolute Gasteiger partial charge is 0.128 e. The van der Waals surface area contributed by atoms with E-state index in [4.69, 9.17) is 0 Å². The molecule has 0 spiro atoms. The fourth-order valence-electron chi connectivity index (χ4n) is 3.00. The molecule has 4 nitrogen and oxygen atoms in total. The van der Waals surface area contributed by atoms with E-state index in [9.17, 15) is 0 Å². The van der Waals surface area contributed by atoms with Crippen LogP contribution in [0.15, 0.2) is 59.5 Å². The summed E-state index contributed by atoms with van der Waals surface area (Å²) in [4.78, 5) is 6.79. The molecule has 1 aromatic carbocycles. The molecule has 1 fully saturated rings. The maximum atomic E-state index is 4.47. The summed E-state index contributed by atoms with van der Waals surface area (Å²) in [6, 6.07) is 12.8. The zero-order valence-corrected chi connectivity index (χ0v) is 14.6. The molecule has 0 radical (unpaired) electrons. The molecular weight excluding hydrogens is 296 g/mol. The molecule has 1 saturated heterocycles. The Bertz CT molecular complexity index is 760. The Hall–Kier alpha value is -2.62. The highest BCUT2D eigenvalue weighted by molar-refractivity contribution is 5.56. The fourth-order valence-corrected chi connectivity index (χ4v) is 3.00. The van der Waals surface area contributed by atoms with E-state index in [-0.39, 0.29) is 0 Å². The van der Waals surface area contributed by atoms with Crippen LogP contribution < -0.4 is 9.91 Å². The van der Waals surface area contributed by atoms with Gasteiger partial charge in [-0.25, -0.2) is 9.99 Å². The number of hydrogen-bond acceptors (Lipinski definition) is 4. The Morgan fingerprint density at radius 1 is 1.33 bits per heavy atom. The fraction of sp³-hybridized carbons (Fsp3) is 0.300. The summed E-state index contributed by atoms with van der Waals surface area (Å²) in [5.74, 6) is 1.60. The van der Waals surface area contributed by atoms with Crippen LogP contribution in [-0.4, -0.2) is 24.8 Å². The SMILES string of the molecule is C=NN(C(C)=CC)c1cccc(C2CN(c3cc(C)ccn3)C2)c1. The molecule has 124 valence electrons. The minimum Gasteiger partial charge on any atom is -0.355 e. The molecular formula is C20H24N4. The second-order valence-electron chi connectivity index (χ2n) is 6.27. The number of nitrogens with zero attached hydrogens (tertiary/aromatic N) is 4. The third-order valence-electron chi connectivity index (χ3n) is 4.59. The predicted octanol–water partition coefficient (Wildman–Crippen LogP) is 4.34. The van der Waals surface area contributed by atoms with Crippen molar-refractivity contribution in [2.24, 2.45) is 5.10 Å². The summed E-state index contributed by atoms with van der Waals surface area (Å²) >= 11 is 0. The number of rotatable bonds is 5.